The van der Waals surface area contributed by atoms with Gasteiger partial charge in [-0.25, -0.2) is 0 Å². The second-order valence-electron chi connectivity index (χ2n) is 6.21. The lowest BCUT2D eigenvalue weighted by molar-refractivity contribution is -0.118. The molecule has 2 N–H and O–H groups in total. The standard InChI is InChI=1S/C20H24N2O3.ClH/c1-24-15-11-14(12-16(13-15)25-2)8-9-20(23)22-10-4-5-17-18(21)6-3-7-19(17)22;/h3,6-7,11-13H,4-5,8-10,21H2,1-2H3;1H. The van der Waals surface area contributed by atoms with Crippen LogP contribution in [0.1, 0.15) is 24.0 Å². The van der Waals surface area contributed by atoms with E-state index >= 15 is 0 Å². The molecule has 1 aliphatic heterocycles. The second-order valence-corrected chi connectivity index (χ2v) is 6.21. The topological polar surface area (TPSA) is 64.8 Å². The van der Waals surface area contributed by atoms with E-state index < -0.39 is 0 Å². The molecule has 0 aliphatic carbocycles. The molecule has 3 rings (SSSR count). The van der Waals surface area contributed by atoms with Crippen molar-refractivity contribution in [2.45, 2.75) is 25.7 Å². The van der Waals surface area contributed by atoms with Gasteiger partial charge in [-0.2, -0.15) is 0 Å². The van der Waals surface area contributed by atoms with Gasteiger partial charge in [0.2, 0.25) is 5.91 Å². The van der Waals surface area contributed by atoms with Crippen LogP contribution in [0.4, 0.5) is 11.4 Å². The highest BCUT2D eigenvalue weighted by molar-refractivity contribution is 5.95. The molecule has 1 heterocycles. The van der Waals surface area contributed by atoms with Crippen LogP contribution in [0.15, 0.2) is 36.4 Å². The van der Waals surface area contributed by atoms with Crippen molar-refractivity contribution < 1.29 is 14.3 Å². The molecule has 5 nitrogen and oxygen atoms in total. The molecule has 0 unspecified atom stereocenters. The summed E-state index contributed by atoms with van der Waals surface area (Å²) >= 11 is 0. The van der Waals surface area contributed by atoms with Crippen molar-refractivity contribution in [3.05, 3.63) is 47.5 Å². The van der Waals surface area contributed by atoms with E-state index in [0.717, 1.165) is 53.4 Å². The lowest BCUT2D eigenvalue weighted by Crippen LogP contribution is -2.35. The zero-order valence-electron chi connectivity index (χ0n) is 15.2. The van der Waals surface area contributed by atoms with E-state index in [-0.39, 0.29) is 18.3 Å². The number of halogens is 1. The summed E-state index contributed by atoms with van der Waals surface area (Å²) in [5, 5.41) is 0. The first-order valence-electron chi connectivity index (χ1n) is 8.52. The molecular formula is C20H25ClN2O3. The number of fused-ring (bicyclic) bond motifs is 1. The predicted molar refractivity (Wildman–Crippen MR) is 107 cm³/mol. The third-order valence-corrected chi connectivity index (χ3v) is 4.63. The minimum absolute atomic E-state index is 0. The molecule has 26 heavy (non-hydrogen) atoms. The molecule has 0 bridgehead atoms. The summed E-state index contributed by atoms with van der Waals surface area (Å²) in [6.07, 6.45) is 2.95. The number of amides is 1. The number of ether oxygens (including phenoxy) is 2. The van der Waals surface area contributed by atoms with Gasteiger partial charge in [0.05, 0.1) is 14.2 Å². The Morgan fingerprint density at radius 3 is 2.50 bits per heavy atom. The van der Waals surface area contributed by atoms with Gasteiger partial charge >= 0.3 is 0 Å². The zero-order chi connectivity index (χ0) is 17.8. The first kappa shape index (κ1) is 19.9. The minimum atomic E-state index is 0. The SMILES string of the molecule is COc1cc(CCC(=O)N2CCCc3c(N)cccc32)cc(OC)c1.Cl. The molecule has 0 aromatic heterocycles. The molecule has 0 radical (unpaired) electrons. The fourth-order valence-electron chi connectivity index (χ4n) is 3.31. The Kier molecular flexibility index (Phi) is 6.75. The minimum Gasteiger partial charge on any atom is -0.497 e. The molecule has 1 amide bonds. The molecular weight excluding hydrogens is 352 g/mol. The van der Waals surface area contributed by atoms with Gasteiger partial charge in [-0.15, -0.1) is 12.4 Å². The van der Waals surface area contributed by atoms with Crippen molar-refractivity contribution >= 4 is 29.7 Å². The Hall–Kier alpha value is -2.40. The Morgan fingerprint density at radius 2 is 1.85 bits per heavy atom. The maximum absolute atomic E-state index is 12.8. The molecule has 0 fully saturated rings. The zero-order valence-corrected chi connectivity index (χ0v) is 16.0. The molecule has 2 aromatic rings. The van der Waals surface area contributed by atoms with Crippen molar-refractivity contribution in [3.8, 4) is 11.5 Å². The van der Waals surface area contributed by atoms with Gasteiger partial charge in [-0.05, 0) is 54.7 Å². The number of aryl methyl sites for hydroxylation is 1. The van der Waals surface area contributed by atoms with Gasteiger partial charge in [0.25, 0.3) is 0 Å². The molecule has 0 saturated carbocycles. The third-order valence-electron chi connectivity index (χ3n) is 4.63. The van der Waals surface area contributed by atoms with Crippen molar-refractivity contribution in [2.24, 2.45) is 0 Å². The van der Waals surface area contributed by atoms with Gasteiger partial charge in [0.15, 0.2) is 0 Å². The number of methoxy groups -OCH3 is 2. The van der Waals surface area contributed by atoms with E-state index in [1.54, 1.807) is 14.2 Å². The van der Waals surface area contributed by atoms with Gasteiger partial charge in [-0.1, -0.05) is 6.07 Å². The van der Waals surface area contributed by atoms with Crippen molar-refractivity contribution in [1.29, 1.82) is 0 Å². The van der Waals surface area contributed by atoms with Crippen LogP contribution in [0.2, 0.25) is 0 Å². The Balaban J connectivity index is 0.00000243. The van der Waals surface area contributed by atoms with Crippen LogP contribution < -0.4 is 20.1 Å². The van der Waals surface area contributed by atoms with E-state index in [0.29, 0.717) is 12.8 Å². The number of nitrogen functional groups attached to an aromatic ring is 1. The number of benzene rings is 2. The van der Waals surface area contributed by atoms with Crippen LogP contribution in [0.5, 0.6) is 11.5 Å². The number of hydrogen-bond acceptors (Lipinski definition) is 4. The van der Waals surface area contributed by atoms with Crippen LogP contribution in [0, 0.1) is 0 Å². The van der Waals surface area contributed by atoms with E-state index in [2.05, 4.69) is 0 Å². The monoisotopic (exact) mass is 376 g/mol. The highest BCUT2D eigenvalue weighted by Gasteiger charge is 2.23. The maximum atomic E-state index is 12.8. The third kappa shape index (κ3) is 4.22. The number of carbonyl (C=O) groups excluding carboxylic acids is 1. The number of hydrogen-bond donors (Lipinski definition) is 1. The molecule has 1 aliphatic rings. The number of nitrogens with two attached hydrogens (primary N) is 1. The average molecular weight is 377 g/mol. The Labute approximate surface area is 160 Å². The highest BCUT2D eigenvalue weighted by Crippen LogP contribution is 2.32. The van der Waals surface area contributed by atoms with Gasteiger partial charge < -0.3 is 20.1 Å². The quantitative estimate of drug-likeness (QED) is 0.809. The smallest absolute Gasteiger partial charge is 0.227 e. The maximum Gasteiger partial charge on any atom is 0.227 e. The molecule has 2 aromatic carbocycles. The van der Waals surface area contributed by atoms with Crippen LogP contribution in [0.3, 0.4) is 0 Å². The first-order chi connectivity index (χ1) is 12.1. The number of rotatable bonds is 5. The summed E-state index contributed by atoms with van der Waals surface area (Å²) in [5.41, 5.74) is 9.91. The van der Waals surface area contributed by atoms with Crippen LogP contribution >= 0.6 is 12.4 Å². The van der Waals surface area contributed by atoms with Crippen molar-refractivity contribution in [3.63, 3.8) is 0 Å². The number of nitrogens with zero attached hydrogens (tertiary/aromatic N) is 1. The van der Waals surface area contributed by atoms with Gasteiger partial charge in [0.1, 0.15) is 11.5 Å². The Bertz CT molecular complexity index is 757. The summed E-state index contributed by atoms with van der Waals surface area (Å²) in [4.78, 5) is 14.6. The summed E-state index contributed by atoms with van der Waals surface area (Å²) in [5.74, 6) is 1.59. The van der Waals surface area contributed by atoms with E-state index in [4.69, 9.17) is 15.2 Å². The first-order valence-corrected chi connectivity index (χ1v) is 8.52. The lowest BCUT2D eigenvalue weighted by Gasteiger charge is -2.30. The number of carbonyl (C=O) groups is 1. The highest BCUT2D eigenvalue weighted by atomic mass is 35.5. The van der Waals surface area contributed by atoms with Crippen molar-refractivity contribution in [2.75, 3.05) is 31.4 Å². The predicted octanol–water partition coefficient (Wildman–Crippen LogP) is 3.62. The second kappa shape index (κ2) is 8.81. The van der Waals surface area contributed by atoms with Gasteiger partial charge in [-0.3, -0.25) is 4.79 Å². The van der Waals surface area contributed by atoms with E-state index in [9.17, 15) is 4.79 Å². The summed E-state index contributed by atoms with van der Waals surface area (Å²) in [7, 11) is 3.25. The fraction of sp³-hybridized carbons (Fsp3) is 0.350. The molecule has 0 atom stereocenters. The normalized spacial score (nSPS) is 12.8. The molecule has 6 heteroatoms. The van der Waals surface area contributed by atoms with E-state index in [1.807, 2.05) is 41.3 Å². The van der Waals surface area contributed by atoms with Crippen LogP contribution in [0.25, 0.3) is 0 Å². The summed E-state index contributed by atoms with van der Waals surface area (Å²) in [6.45, 7) is 0.747. The van der Waals surface area contributed by atoms with E-state index in [1.165, 1.54) is 0 Å². The Morgan fingerprint density at radius 1 is 1.15 bits per heavy atom. The summed E-state index contributed by atoms with van der Waals surface area (Å²) < 4.78 is 10.6. The van der Waals surface area contributed by atoms with Crippen LogP contribution in [-0.2, 0) is 17.6 Å². The molecule has 140 valence electrons. The number of anilines is 2. The molecule has 0 spiro atoms. The average Bonchev–Trinajstić information content (AvgIpc) is 2.65. The van der Waals surface area contributed by atoms with Gasteiger partial charge in [0, 0.05) is 30.4 Å². The van der Waals surface area contributed by atoms with Crippen LogP contribution in [-0.4, -0.2) is 26.7 Å². The summed E-state index contributed by atoms with van der Waals surface area (Å²) in [6, 6.07) is 11.5. The largest absolute Gasteiger partial charge is 0.497 e. The molecule has 0 saturated heterocycles. The van der Waals surface area contributed by atoms with Crippen molar-refractivity contribution in [1.82, 2.24) is 0 Å². The fourth-order valence-corrected chi connectivity index (χ4v) is 3.31. The lowest BCUT2D eigenvalue weighted by atomic mass is 9.99.